The largest absolute Gasteiger partial charge is 0.383 e. The van der Waals surface area contributed by atoms with E-state index >= 15 is 0 Å². The van der Waals surface area contributed by atoms with E-state index in [1.807, 2.05) is 0 Å². The van der Waals surface area contributed by atoms with Gasteiger partial charge in [0.1, 0.15) is 0 Å². The van der Waals surface area contributed by atoms with Crippen LogP contribution in [0, 0.1) is 0 Å². The molecule has 0 amide bonds. The van der Waals surface area contributed by atoms with Gasteiger partial charge in [0.25, 0.3) is 0 Å². The maximum atomic E-state index is 3.89. The van der Waals surface area contributed by atoms with Crippen molar-refractivity contribution >= 4 is 108 Å². The van der Waals surface area contributed by atoms with Gasteiger partial charge in [-0.05, 0) is 166 Å². The first-order valence-corrected chi connectivity index (χ1v) is 24.1. The molecule has 2 heteroatoms. The zero-order chi connectivity index (χ0) is 42.2. The highest BCUT2D eigenvalue weighted by Gasteiger charge is 2.31. The van der Waals surface area contributed by atoms with Gasteiger partial charge in [0.15, 0.2) is 0 Å². The molecule has 0 bridgehead atoms. The second-order valence-electron chi connectivity index (χ2n) is 19.0. The van der Waals surface area contributed by atoms with Crippen molar-refractivity contribution in [3.63, 3.8) is 0 Å². The number of hydrogen-bond acceptors (Lipinski definition) is 2. The summed E-state index contributed by atoms with van der Waals surface area (Å²) in [6.07, 6.45) is 10.1. The number of benzene rings is 12. The molecule has 12 aromatic rings. The molecule has 0 spiro atoms. The molecule has 0 aromatic heterocycles. The van der Waals surface area contributed by atoms with Crippen LogP contribution in [0.4, 0.5) is 11.4 Å². The van der Waals surface area contributed by atoms with Gasteiger partial charge in [-0.2, -0.15) is 0 Å². The van der Waals surface area contributed by atoms with Crippen LogP contribution in [-0.2, 0) is 0 Å². The fourth-order valence-corrected chi connectivity index (χ4v) is 12.7. The highest BCUT2D eigenvalue weighted by Crippen LogP contribution is 2.58. The van der Waals surface area contributed by atoms with Crippen LogP contribution in [0.3, 0.4) is 0 Å². The molecule has 0 saturated heterocycles. The Bertz CT molecular complexity index is 3690. The molecular weight excluding hydrogens is 773 g/mol. The summed E-state index contributed by atoms with van der Waals surface area (Å²) < 4.78 is 0. The molecule has 12 aromatic carbocycles. The average Bonchev–Trinajstić information content (AvgIpc) is 3.85. The van der Waals surface area contributed by atoms with E-state index < -0.39 is 0 Å². The van der Waals surface area contributed by atoms with Gasteiger partial charge in [-0.3, -0.25) is 0 Å². The van der Waals surface area contributed by atoms with E-state index in [2.05, 4.69) is 158 Å². The minimum atomic E-state index is 1.00. The van der Waals surface area contributed by atoms with Crippen LogP contribution in [0.25, 0.3) is 141 Å². The van der Waals surface area contributed by atoms with Crippen molar-refractivity contribution in [3.05, 3.63) is 133 Å². The molecule has 2 N–H and O–H groups in total. The molecule has 0 radical (unpaired) electrons. The molecule has 2 aliphatic rings. The van der Waals surface area contributed by atoms with Crippen molar-refractivity contribution in [2.24, 2.45) is 0 Å². The van der Waals surface area contributed by atoms with Crippen molar-refractivity contribution in [1.29, 1.82) is 0 Å². The lowest BCUT2D eigenvalue weighted by molar-refractivity contribution is 0.683. The van der Waals surface area contributed by atoms with Gasteiger partial charge >= 0.3 is 0 Å². The van der Waals surface area contributed by atoms with Crippen LogP contribution < -0.4 is 10.6 Å². The summed E-state index contributed by atoms with van der Waals surface area (Å²) in [6.45, 7) is 6.59. The summed E-state index contributed by atoms with van der Waals surface area (Å²) in [5.74, 6) is 0. The molecule has 14 rings (SSSR count). The number of hydrogen-bond donors (Lipinski definition) is 2. The zero-order valence-corrected chi connectivity index (χ0v) is 36.8. The lowest BCUT2D eigenvalue weighted by Gasteiger charge is -2.20. The lowest BCUT2D eigenvalue weighted by atomic mass is 9.82. The van der Waals surface area contributed by atoms with Crippen molar-refractivity contribution in [2.75, 3.05) is 23.7 Å². The maximum Gasteiger partial charge on any atom is 0.0582 e. The lowest BCUT2D eigenvalue weighted by Crippen LogP contribution is -2.08. The summed E-state index contributed by atoms with van der Waals surface area (Å²) in [6, 6.07) is 52.2. The normalized spacial score (nSPS) is 12.8. The number of rotatable bonds is 12. The standard InChI is InChI=1S/C62H50N2/c1-3-5-7-13-31-63-53-33-51-47-25-23-43-39-19-21-41-45-27-29-49-60-37-17-11-9-15-35(37)36-16-10-12-18-38(36)61(60)50-30-28-46(58(45)62(49)50)42-22-20-40(55(39)56(41)42)44-24-26-48(59(47)57(43)44)52(51)34-54(53)64-32-14-8-6-4-2/h9-12,15-30,33-34,63-64H,3-8,13-14,31-32H2,1-2H3. The summed E-state index contributed by atoms with van der Waals surface area (Å²) in [5.41, 5.74) is 13.4. The second kappa shape index (κ2) is 13.8. The maximum absolute atomic E-state index is 3.89. The van der Waals surface area contributed by atoms with Gasteiger partial charge in [-0.25, -0.2) is 0 Å². The third-order valence-corrected chi connectivity index (χ3v) is 15.5. The van der Waals surface area contributed by atoms with E-state index in [9.17, 15) is 0 Å². The van der Waals surface area contributed by atoms with Crippen molar-refractivity contribution < 1.29 is 0 Å². The molecule has 2 nitrogen and oxygen atoms in total. The van der Waals surface area contributed by atoms with E-state index in [1.165, 1.54) is 204 Å². The van der Waals surface area contributed by atoms with Crippen LogP contribution in [0.1, 0.15) is 65.2 Å². The molecule has 0 saturated carbocycles. The number of unbranched alkanes of at least 4 members (excludes halogenated alkanes) is 6. The van der Waals surface area contributed by atoms with Crippen molar-refractivity contribution in [3.8, 4) is 44.5 Å². The van der Waals surface area contributed by atoms with Gasteiger partial charge in [0, 0.05) is 13.1 Å². The van der Waals surface area contributed by atoms with Crippen LogP contribution in [0.5, 0.6) is 0 Å². The van der Waals surface area contributed by atoms with E-state index in [1.54, 1.807) is 0 Å². The Morgan fingerprint density at radius 1 is 0.281 bits per heavy atom. The fourth-order valence-electron chi connectivity index (χ4n) is 12.7. The third kappa shape index (κ3) is 4.81. The van der Waals surface area contributed by atoms with Gasteiger partial charge in [-0.15, -0.1) is 0 Å². The Balaban J connectivity index is 0.969. The number of nitrogens with one attached hydrogen (secondary N) is 2. The van der Waals surface area contributed by atoms with Gasteiger partial charge < -0.3 is 10.6 Å². The first-order valence-electron chi connectivity index (χ1n) is 24.1. The summed E-state index contributed by atoms with van der Waals surface area (Å²) in [5, 5.41) is 32.4. The molecule has 0 fully saturated rings. The van der Waals surface area contributed by atoms with E-state index in [0.717, 1.165) is 13.1 Å². The Kier molecular flexibility index (Phi) is 7.88. The first kappa shape index (κ1) is 36.6. The molecule has 0 atom stereocenters. The zero-order valence-electron chi connectivity index (χ0n) is 36.8. The Hall–Kier alpha value is -6.90. The first-order chi connectivity index (χ1) is 31.7. The topological polar surface area (TPSA) is 24.1 Å². The highest BCUT2D eigenvalue weighted by atomic mass is 14.9. The Morgan fingerprint density at radius 2 is 0.609 bits per heavy atom. The Morgan fingerprint density at radius 3 is 1.00 bits per heavy atom. The third-order valence-electron chi connectivity index (χ3n) is 15.5. The average molecular weight is 823 g/mol. The number of anilines is 2. The van der Waals surface area contributed by atoms with Crippen LogP contribution in [0.2, 0.25) is 0 Å². The monoisotopic (exact) mass is 822 g/mol. The SMILES string of the molecule is CCCCCCNc1cc2c(cc1NCCCCCC)-c1ccc3c4ccc5c6ccc7c8c(ccc(c9ccc(c%10ccc-2c1c%103)c4c95)c86)-c1c-7c2ccccc2c2ccccc12. The van der Waals surface area contributed by atoms with E-state index in [0.29, 0.717) is 0 Å². The molecule has 0 aliphatic heterocycles. The quantitative estimate of drug-likeness (QED) is 0.0729. The minimum absolute atomic E-state index is 1.00. The van der Waals surface area contributed by atoms with Gasteiger partial charge in [0.2, 0.25) is 0 Å². The van der Waals surface area contributed by atoms with Crippen LogP contribution in [0.15, 0.2) is 133 Å². The molecule has 0 heterocycles. The molecular formula is C62H50N2. The molecule has 0 unspecified atom stereocenters. The summed E-state index contributed by atoms with van der Waals surface area (Å²) in [4.78, 5) is 0. The predicted octanol–water partition coefficient (Wildman–Crippen LogP) is 18.2. The molecule has 64 heavy (non-hydrogen) atoms. The fraction of sp³-hybridized carbons (Fsp3) is 0.194. The van der Waals surface area contributed by atoms with Gasteiger partial charge in [-0.1, -0.05) is 174 Å². The summed E-state index contributed by atoms with van der Waals surface area (Å²) in [7, 11) is 0. The highest BCUT2D eigenvalue weighted by molar-refractivity contribution is 6.45. The predicted molar refractivity (Wildman–Crippen MR) is 280 cm³/mol. The van der Waals surface area contributed by atoms with Crippen LogP contribution in [-0.4, -0.2) is 13.1 Å². The second-order valence-corrected chi connectivity index (χ2v) is 19.0. The molecule has 2 aliphatic carbocycles. The van der Waals surface area contributed by atoms with E-state index in [4.69, 9.17) is 0 Å². The van der Waals surface area contributed by atoms with Crippen LogP contribution >= 0.6 is 0 Å². The number of fused-ring (bicyclic) bond motifs is 15. The van der Waals surface area contributed by atoms with Crippen molar-refractivity contribution in [2.45, 2.75) is 65.2 Å². The van der Waals surface area contributed by atoms with E-state index in [-0.39, 0.29) is 0 Å². The molecule has 308 valence electrons. The summed E-state index contributed by atoms with van der Waals surface area (Å²) >= 11 is 0. The Labute approximate surface area is 373 Å². The smallest absolute Gasteiger partial charge is 0.0582 e. The van der Waals surface area contributed by atoms with Gasteiger partial charge in [0.05, 0.1) is 11.4 Å². The minimum Gasteiger partial charge on any atom is -0.383 e. The van der Waals surface area contributed by atoms with Crippen molar-refractivity contribution in [1.82, 2.24) is 0 Å².